The molecule has 1 aromatic carbocycles. The van der Waals surface area contributed by atoms with E-state index in [4.69, 9.17) is 0 Å². The molecule has 0 fully saturated rings. The Morgan fingerprint density at radius 2 is 2.00 bits per heavy atom. The first kappa shape index (κ1) is 18.2. The molecule has 0 atom stereocenters. The molecule has 0 saturated heterocycles. The summed E-state index contributed by atoms with van der Waals surface area (Å²) in [7, 11) is 0. The molecule has 2 aromatic heterocycles. The third kappa shape index (κ3) is 3.84. The molecule has 0 bridgehead atoms. The average molecular weight is 365 g/mol. The van der Waals surface area contributed by atoms with Gasteiger partial charge in [0, 0.05) is 25.5 Å². The van der Waals surface area contributed by atoms with Crippen LogP contribution in [0.5, 0.6) is 0 Å². The third-order valence-corrected chi connectivity index (χ3v) is 4.01. The molecule has 0 spiro atoms. The van der Waals surface area contributed by atoms with E-state index in [1.54, 1.807) is 49.6 Å². The molecule has 1 amide bonds. The van der Waals surface area contributed by atoms with Crippen molar-refractivity contribution in [2.24, 2.45) is 0 Å². The number of hydrogen-bond acceptors (Lipinski definition) is 5. The first-order valence-electron chi connectivity index (χ1n) is 8.49. The fourth-order valence-electron chi connectivity index (χ4n) is 2.63. The molecule has 8 nitrogen and oxygen atoms in total. The van der Waals surface area contributed by atoms with Crippen molar-refractivity contribution in [1.29, 1.82) is 0 Å². The molecular weight excluding hydrogens is 346 g/mol. The molecule has 0 aliphatic rings. The van der Waals surface area contributed by atoms with Crippen molar-refractivity contribution in [1.82, 2.24) is 24.6 Å². The zero-order valence-corrected chi connectivity index (χ0v) is 15.0. The van der Waals surface area contributed by atoms with E-state index < -0.39 is 17.2 Å². The number of hydrogen-bond donors (Lipinski definition) is 1. The second kappa shape index (κ2) is 7.77. The SMILES string of the molecule is CCn1c(=O)c(C(=O)NCc2cccnc2)nn(-c2cccc(C)c2)c1=O. The highest BCUT2D eigenvalue weighted by Crippen LogP contribution is 2.06. The first-order chi connectivity index (χ1) is 13.0. The van der Waals surface area contributed by atoms with Crippen LogP contribution in [0.25, 0.3) is 5.69 Å². The molecule has 2 heterocycles. The Labute approximate surface area is 155 Å². The number of carbonyl (C=O) groups is 1. The second-order valence-electron chi connectivity index (χ2n) is 5.98. The molecule has 1 N–H and O–H groups in total. The van der Waals surface area contributed by atoms with Gasteiger partial charge in [-0.3, -0.25) is 19.1 Å². The van der Waals surface area contributed by atoms with E-state index in [1.807, 2.05) is 13.0 Å². The van der Waals surface area contributed by atoms with Gasteiger partial charge in [-0.1, -0.05) is 18.2 Å². The van der Waals surface area contributed by atoms with E-state index in [0.717, 1.165) is 20.4 Å². The van der Waals surface area contributed by atoms with Crippen molar-refractivity contribution in [2.45, 2.75) is 26.9 Å². The Kier molecular flexibility index (Phi) is 5.25. The Balaban J connectivity index is 2.02. The highest BCUT2D eigenvalue weighted by Gasteiger charge is 2.19. The number of pyridine rings is 1. The lowest BCUT2D eigenvalue weighted by molar-refractivity contribution is 0.0941. The fourth-order valence-corrected chi connectivity index (χ4v) is 2.63. The number of amides is 1. The van der Waals surface area contributed by atoms with Crippen LogP contribution in [-0.2, 0) is 13.1 Å². The number of benzene rings is 1. The molecule has 0 unspecified atom stereocenters. The van der Waals surface area contributed by atoms with Crippen LogP contribution < -0.4 is 16.6 Å². The normalized spacial score (nSPS) is 10.6. The predicted octanol–water partition coefficient (Wildman–Crippen LogP) is 1.05. The summed E-state index contributed by atoms with van der Waals surface area (Å²) < 4.78 is 2.07. The lowest BCUT2D eigenvalue weighted by atomic mass is 10.2. The van der Waals surface area contributed by atoms with Crippen molar-refractivity contribution >= 4 is 5.91 Å². The topological polar surface area (TPSA) is 98.9 Å². The van der Waals surface area contributed by atoms with Crippen LogP contribution in [0, 0.1) is 6.92 Å². The molecule has 0 aliphatic carbocycles. The monoisotopic (exact) mass is 365 g/mol. The highest BCUT2D eigenvalue weighted by atomic mass is 16.2. The molecule has 3 aromatic rings. The lowest BCUT2D eigenvalue weighted by Gasteiger charge is -2.11. The Bertz CT molecular complexity index is 1090. The van der Waals surface area contributed by atoms with Gasteiger partial charge in [0.15, 0.2) is 0 Å². The summed E-state index contributed by atoms with van der Waals surface area (Å²) in [5.74, 6) is -0.646. The summed E-state index contributed by atoms with van der Waals surface area (Å²) in [4.78, 5) is 41.7. The summed E-state index contributed by atoms with van der Waals surface area (Å²) >= 11 is 0. The van der Waals surface area contributed by atoms with Gasteiger partial charge >= 0.3 is 5.69 Å². The summed E-state index contributed by atoms with van der Waals surface area (Å²) in [6, 6.07) is 10.7. The molecule has 0 saturated carbocycles. The maximum Gasteiger partial charge on any atom is 0.352 e. The van der Waals surface area contributed by atoms with Crippen LogP contribution in [0.2, 0.25) is 0 Å². The standard InChI is InChI=1S/C19H19N5O3/c1-3-23-18(26)16(17(25)21-12-14-7-5-9-20-11-14)22-24(19(23)27)15-8-4-6-13(2)10-15/h4-11H,3,12H2,1-2H3,(H,21,25). The van der Waals surface area contributed by atoms with Gasteiger partial charge in [-0.05, 0) is 43.2 Å². The Morgan fingerprint density at radius 1 is 1.19 bits per heavy atom. The van der Waals surface area contributed by atoms with Gasteiger partial charge < -0.3 is 5.32 Å². The van der Waals surface area contributed by atoms with Gasteiger partial charge in [0.25, 0.3) is 11.5 Å². The quantitative estimate of drug-likeness (QED) is 0.729. The molecule has 8 heteroatoms. The minimum atomic E-state index is -0.713. The van der Waals surface area contributed by atoms with Crippen LogP contribution in [0.4, 0.5) is 0 Å². The van der Waals surface area contributed by atoms with Crippen molar-refractivity contribution in [2.75, 3.05) is 0 Å². The molecular formula is C19H19N5O3. The van der Waals surface area contributed by atoms with E-state index in [2.05, 4.69) is 15.4 Å². The van der Waals surface area contributed by atoms with Crippen LogP contribution in [0.1, 0.15) is 28.5 Å². The molecule has 138 valence electrons. The van der Waals surface area contributed by atoms with Crippen molar-refractivity contribution in [3.8, 4) is 5.69 Å². The van der Waals surface area contributed by atoms with Crippen molar-refractivity contribution in [3.63, 3.8) is 0 Å². The van der Waals surface area contributed by atoms with Crippen LogP contribution in [0.15, 0.2) is 58.4 Å². The molecule has 3 rings (SSSR count). The maximum absolute atomic E-state index is 12.6. The zero-order valence-electron chi connectivity index (χ0n) is 15.0. The number of aromatic nitrogens is 4. The molecule has 0 radical (unpaired) electrons. The van der Waals surface area contributed by atoms with Crippen LogP contribution in [0.3, 0.4) is 0 Å². The van der Waals surface area contributed by atoms with Crippen LogP contribution in [-0.4, -0.2) is 25.2 Å². The van der Waals surface area contributed by atoms with E-state index in [-0.39, 0.29) is 18.8 Å². The highest BCUT2D eigenvalue weighted by molar-refractivity contribution is 5.91. The van der Waals surface area contributed by atoms with Crippen LogP contribution >= 0.6 is 0 Å². The largest absolute Gasteiger partial charge is 0.352 e. The lowest BCUT2D eigenvalue weighted by Crippen LogP contribution is -2.45. The van der Waals surface area contributed by atoms with Gasteiger partial charge in [-0.25, -0.2) is 4.79 Å². The summed E-state index contributed by atoms with van der Waals surface area (Å²) in [6.07, 6.45) is 3.25. The second-order valence-corrected chi connectivity index (χ2v) is 5.98. The fraction of sp³-hybridized carbons (Fsp3) is 0.211. The summed E-state index contributed by atoms with van der Waals surface area (Å²) in [5.41, 5.74) is 0.573. The Morgan fingerprint density at radius 3 is 2.67 bits per heavy atom. The van der Waals surface area contributed by atoms with E-state index >= 15 is 0 Å². The molecule has 0 aliphatic heterocycles. The van der Waals surface area contributed by atoms with E-state index in [9.17, 15) is 14.4 Å². The maximum atomic E-state index is 12.6. The number of aryl methyl sites for hydroxylation is 1. The van der Waals surface area contributed by atoms with E-state index in [1.165, 1.54) is 0 Å². The zero-order chi connectivity index (χ0) is 19.4. The summed E-state index contributed by atoms with van der Waals surface area (Å²) in [5, 5.41) is 6.69. The van der Waals surface area contributed by atoms with Gasteiger partial charge in [-0.2, -0.15) is 9.78 Å². The van der Waals surface area contributed by atoms with Gasteiger partial charge in [0.1, 0.15) is 0 Å². The number of carbonyl (C=O) groups excluding carboxylic acids is 1. The predicted molar refractivity (Wildman–Crippen MR) is 99.9 cm³/mol. The average Bonchev–Trinajstić information content (AvgIpc) is 2.67. The first-order valence-corrected chi connectivity index (χ1v) is 8.49. The number of rotatable bonds is 5. The Hall–Kier alpha value is -3.55. The van der Waals surface area contributed by atoms with Crippen molar-refractivity contribution < 1.29 is 4.79 Å². The molecule has 27 heavy (non-hydrogen) atoms. The van der Waals surface area contributed by atoms with Gasteiger partial charge in [-0.15, -0.1) is 0 Å². The smallest absolute Gasteiger partial charge is 0.346 e. The van der Waals surface area contributed by atoms with Crippen molar-refractivity contribution in [3.05, 3.63) is 86.5 Å². The summed E-state index contributed by atoms with van der Waals surface area (Å²) in [6.45, 7) is 3.88. The minimum absolute atomic E-state index is 0.134. The number of nitrogens with one attached hydrogen (secondary N) is 1. The minimum Gasteiger partial charge on any atom is -0.346 e. The number of nitrogens with zero attached hydrogens (tertiary/aromatic N) is 4. The van der Waals surface area contributed by atoms with E-state index in [0.29, 0.717) is 5.69 Å². The van der Waals surface area contributed by atoms with Gasteiger partial charge in [0.2, 0.25) is 5.69 Å². The van der Waals surface area contributed by atoms with Gasteiger partial charge in [0.05, 0.1) is 5.69 Å². The third-order valence-electron chi connectivity index (χ3n) is 4.01.